The van der Waals surface area contributed by atoms with Crippen LogP contribution in [-0.2, 0) is 0 Å². The zero-order valence-corrected chi connectivity index (χ0v) is 9.76. The molecule has 1 aromatic carbocycles. The van der Waals surface area contributed by atoms with E-state index in [1.54, 1.807) is 12.1 Å². The van der Waals surface area contributed by atoms with Gasteiger partial charge in [0.25, 0.3) is 0 Å². The Morgan fingerprint density at radius 3 is 2.53 bits per heavy atom. The second kappa shape index (κ2) is 5.26. The molecule has 2 heteroatoms. The molecular formula is C13H20FN. The molecule has 0 bridgehead atoms. The van der Waals surface area contributed by atoms with Crippen LogP contribution in [0.1, 0.15) is 43.9 Å². The maximum atomic E-state index is 13.1. The summed E-state index contributed by atoms with van der Waals surface area (Å²) >= 11 is 0. The van der Waals surface area contributed by atoms with E-state index < -0.39 is 0 Å². The highest BCUT2D eigenvalue weighted by atomic mass is 19.1. The first-order chi connectivity index (χ1) is 7.00. The van der Waals surface area contributed by atoms with Crippen molar-refractivity contribution < 1.29 is 4.39 Å². The molecule has 0 aliphatic rings. The van der Waals surface area contributed by atoms with E-state index in [4.69, 9.17) is 5.73 Å². The van der Waals surface area contributed by atoms with Crippen molar-refractivity contribution in [3.8, 4) is 0 Å². The summed E-state index contributed by atoms with van der Waals surface area (Å²) in [4.78, 5) is 0. The van der Waals surface area contributed by atoms with Crippen molar-refractivity contribution in [2.75, 3.05) is 0 Å². The van der Waals surface area contributed by atoms with Gasteiger partial charge in [-0.2, -0.15) is 0 Å². The molecule has 0 aliphatic heterocycles. The third kappa shape index (κ3) is 3.63. The van der Waals surface area contributed by atoms with Crippen molar-refractivity contribution in [1.82, 2.24) is 0 Å². The Morgan fingerprint density at radius 1 is 1.27 bits per heavy atom. The molecule has 1 aromatic rings. The lowest BCUT2D eigenvalue weighted by molar-refractivity contribution is 0.504. The van der Waals surface area contributed by atoms with Gasteiger partial charge >= 0.3 is 0 Å². The molecule has 0 saturated heterocycles. The molecule has 1 rings (SSSR count). The highest BCUT2D eigenvalue weighted by Crippen LogP contribution is 2.22. The number of hydrogen-bond donors (Lipinski definition) is 1. The molecule has 1 atom stereocenters. The molecule has 1 unspecified atom stereocenters. The van der Waals surface area contributed by atoms with Gasteiger partial charge in [-0.1, -0.05) is 19.9 Å². The predicted molar refractivity (Wildman–Crippen MR) is 62.1 cm³/mol. The summed E-state index contributed by atoms with van der Waals surface area (Å²) in [6, 6.07) is 4.79. The number of benzene rings is 1. The smallest absolute Gasteiger partial charge is 0.123 e. The van der Waals surface area contributed by atoms with E-state index in [0.717, 1.165) is 24.0 Å². The summed E-state index contributed by atoms with van der Waals surface area (Å²) in [6.45, 7) is 6.32. The van der Waals surface area contributed by atoms with Crippen molar-refractivity contribution in [1.29, 1.82) is 0 Å². The monoisotopic (exact) mass is 209 g/mol. The average Bonchev–Trinajstić information content (AvgIpc) is 2.18. The minimum Gasteiger partial charge on any atom is -0.324 e. The van der Waals surface area contributed by atoms with Gasteiger partial charge in [0.05, 0.1) is 0 Å². The fourth-order valence-corrected chi connectivity index (χ4v) is 1.68. The summed E-state index contributed by atoms with van der Waals surface area (Å²) < 4.78 is 13.1. The summed E-state index contributed by atoms with van der Waals surface area (Å²) in [6.07, 6.45) is 2.00. The van der Waals surface area contributed by atoms with Crippen LogP contribution in [0.3, 0.4) is 0 Å². The average molecular weight is 209 g/mol. The summed E-state index contributed by atoms with van der Waals surface area (Å²) in [5, 5.41) is 0. The van der Waals surface area contributed by atoms with Crippen LogP contribution < -0.4 is 5.73 Å². The highest BCUT2D eigenvalue weighted by molar-refractivity contribution is 5.29. The Kier molecular flexibility index (Phi) is 4.28. The van der Waals surface area contributed by atoms with Gasteiger partial charge in [-0.25, -0.2) is 4.39 Å². The third-order valence-corrected chi connectivity index (χ3v) is 2.70. The topological polar surface area (TPSA) is 26.0 Å². The SMILES string of the molecule is Cc1ccc(F)cc1C(N)CCC(C)C. The van der Waals surface area contributed by atoms with Gasteiger partial charge in [0.15, 0.2) is 0 Å². The lowest BCUT2D eigenvalue weighted by Gasteiger charge is -2.15. The fourth-order valence-electron chi connectivity index (χ4n) is 1.68. The lowest BCUT2D eigenvalue weighted by atomic mass is 9.95. The van der Waals surface area contributed by atoms with Gasteiger partial charge in [-0.05, 0) is 48.9 Å². The van der Waals surface area contributed by atoms with Crippen molar-refractivity contribution in [2.45, 2.75) is 39.7 Å². The number of rotatable bonds is 4. The Balaban J connectivity index is 2.72. The second-order valence-electron chi connectivity index (χ2n) is 4.58. The van der Waals surface area contributed by atoms with Crippen molar-refractivity contribution in [3.63, 3.8) is 0 Å². The van der Waals surface area contributed by atoms with Crippen LogP contribution in [-0.4, -0.2) is 0 Å². The minimum absolute atomic E-state index is 0.0388. The molecule has 0 aromatic heterocycles. The second-order valence-corrected chi connectivity index (χ2v) is 4.58. The van der Waals surface area contributed by atoms with Gasteiger partial charge < -0.3 is 5.73 Å². The zero-order valence-electron chi connectivity index (χ0n) is 9.76. The summed E-state index contributed by atoms with van der Waals surface area (Å²) in [5.41, 5.74) is 8.06. The third-order valence-electron chi connectivity index (χ3n) is 2.70. The Labute approximate surface area is 91.5 Å². The molecule has 0 fully saturated rings. The van der Waals surface area contributed by atoms with Crippen molar-refractivity contribution >= 4 is 0 Å². The first-order valence-corrected chi connectivity index (χ1v) is 5.52. The molecule has 2 N–H and O–H groups in total. The van der Waals surface area contributed by atoms with E-state index >= 15 is 0 Å². The van der Waals surface area contributed by atoms with Crippen molar-refractivity contribution in [3.05, 3.63) is 35.1 Å². The standard InChI is InChI=1S/C13H20FN/c1-9(2)4-7-13(15)12-8-11(14)6-5-10(12)3/h5-6,8-9,13H,4,7,15H2,1-3H3. The summed E-state index contributed by atoms with van der Waals surface area (Å²) in [5.74, 6) is 0.445. The zero-order chi connectivity index (χ0) is 11.4. The Hall–Kier alpha value is -0.890. The predicted octanol–water partition coefficient (Wildman–Crippen LogP) is 3.57. The van der Waals surface area contributed by atoms with Gasteiger partial charge in [0, 0.05) is 6.04 Å². The van der Waals surface area contributed by atoms with Crippen LogP contribution in [0.25, 0.3) is 0 Å². The minimum atomic E-state index is -0.199. The van der Waals surface area contributed by atoms with Gasteiger partial charge in [-0.15, -0.1) is 0 Å². The molecule has 1 nitrogen and oxygen atoms in total. The van der Waals surface area contributed by atoms with Crippen LogP contribution in [0, 0.1) is 18.7 Å². The molecule has 0 saturated carbocycles. The van der Waals surface area contributed by atoms with E-state index in [1.165, 1.54) is 6.07 Å². The number of halogens is 1. The van der Waals surface area contributed by atoms with E-state index in [0.29, 0.717) is 5.92 Å². The van der Waals surface area contributed by atoms with Crippen LogP contribution in [0.2, 0.25) is 0 Å². The fraction of sp³-hybridized carbons (Fsp3) is 0.538. The summed E-state index contributed by atoms with van der Waals surface area (Å²) in [7, 11) is 0. The first-order valence-electron chi connectivity index (χ1n) is 5.52. The van der Waals surface area contributed by atoms with Crippen molar-refractivity contribution in [2.24, 2.45) is 11.7 Å². The molecule has 84 valence electrons. The maximum absolute atomic E-state index is 13.1. The lowest BCUT2D eigenvalue weighted by Crippen LogP contribution is -2.13. The highest BCUT2D eigenvalue weighted by Gasteiger charge is 2.10. The van der Waals surface area contributed by atoms with E-state index in [1.807, 2.05) is 6.92 Å². The number of aryl methyl sites for hydroxylation is 1. The normalized spacial score (nSPS) is 13.2. The van der Waals surface area contributed by atoms with Crippen LogP contribution in [0.15, 0.2) is 18.2 Å². The van der Waals surface area contributed by atoms with Crippen LogP contribution >= 0.6 is 0 Å². The number of hydrogen-bond acceptors (Lipinski definition) is 1. The Morgan fingerprint density at radius 2 is 1.93 bits per heavy atom. The number of nitrogens with two attached hydrogens (primary N) is 1. The maximum Gasteiger partial charge on any atom is 0.123 e. The van der Waals surface area contributed by atoms with Gasteiger partial charge in [-0.3, -0.25) is 0 Å². The first kappa shape index (κ1) is 12.2. The van der Waals surface area contributed by atoms with Gasteiger partial charge in [0.1, 0.15) is 5.82 Å². The van der Waals surface area contributed by atoms with Crippen LogP contribution in [0.5, 0.6) is 0 Å². The molecule has 0 aliphatic carbocycles. The molecule has 15 heavy (non-hydrogen) atoms. The molecular weight excluding hydrogens is 189 g/mol. The van der Waals surface area contributed by atoms with E-state index in [2.05, 4.69) is 13.8 Å². The van der Waals surface area contributed by atoms with Gasteiger partial charge in [0.2, 0.25) is 0 Å². The van der Waals surface area contributed by atoms with Crippen LogP contribution in [0.4, 0.5) is 4.39 Å². The Bertz CT molecular complexity index is 320. The largest absolute Gasteiger partial charge is 0.324 e. The molecule has 0 spiro atoms. The quantitative estimate of drug-likeness (QED) is 0.806. The molecule has 0 heterocycles. The molecule has 0 radical (unpaired) electrons. The molecule has 0 amide bonds. The van der Waals surface area contributed by atoms with E-state index in [-0.39, 0.29) is 11.9 Å². The van der Waals surface area contributed by atoms with E-state index in [9.17, 15) is 4.39 Å².